The monoisotopic (exact) mass is 472 g/mol. The molecule has 0 saturated heterocycles. The van der Waals surface area contributed by atoms with Crippen LogP contribution in [0, 0.1) is 0 Å². The van der Waals surface area contributed by atoms with Crippen LogP contribution in [0.4, 0.5) is 0 Å². The third-order valence-electron chi connectivity index (χ3n) is 8.65. The minimum Gasteiger partial charge on any atom is -0.0619 e. The molecule has 0 heterocycles. The Bertz CT molecular complexity index is 1850. The molecule has 0 spiro atoms. The van der Waals surface area contributed by atoms with Crippen molar-refractivity contribution in [1.82, 2.24) is 0 Å². The van der Waals surface area contributed by atoms with Gasteiger partial charge >= 0.3 is 0 Å². The Morgan fingerprint density at radius 1 is 0.459 bits per heavy atom. The van der Waals surface area contributed by atoms with E-state index in [0.29, 0.717) is 0 Å². The first-order chi connectivity index (χ1) is 18.3. The predicted octanol–water partition coefficient (Wildman–Crippen LogP) is 9.31. The van der Waals surface area contributed by atoms with Gasteiger partial charge in [0.05, 0.1) is 0 Å². The number of rotatable bonds is 4. The average Bonchev–Trinajstić information content (AvgIpc) is 2.94. The molecule has 0 amide bonds. The molecular weight excluding hydrogens is 444 g/mol. The summed E-state index contributed by atoms with van der Waals surface area (Å²) in [6, 6.07) is 41.2. The van der Waals surface area contributed by atoms with Crippen LogP contribution < -0.4 is 0 Å². The van der Waals surface area contributed by atoms with E-state index in [4.69, 9.17) is 0 Å². The lowest BCUT2D eigenvalue weighted by atomic mass is 9.81. The molecule has 6 aromatic rings. The van der Waals surface area contributed by atoms with Crippen LogP contribution >= 0.6 is 0 Å². The molecule has 0 atom stereocenters. The summed E-state index contributed by atoms with van der Waals surface area (Å²) in [6.07, 6.45) is 5.47. The summed E-state index contributed by atoms with van der Waals surface area (Å²) >= 11 is 0. The molecule has 0 radical (unpaired) electrons. The van der Waals surface area contributed by atoms with Gasteiger partial charge in [0.25, 0.3) is 0 Å². The number of fused-ring (bicyclic) bond motifs is 4. The minimum atomic E-state index is 1.04. The zero-order chi connectivity index (χ0) is 24.3. The van der Waals surface area contributed by atoms with E-state index in [1.165, 1.54) is 83.6 Å². The molecule has 0 nitrogen and oxygen atoms in total. The van der Waals surface area contributed by atoms with Gasteiger partial charge in [0.15, 0.2) is 0 Å². The van der Waals surface area contributed by atoms with Crippen molar-refractivity contribution in [1.29, 1.82) is 0 Å². The lowest BCUT2D eigenvalue weighted by Gasteiger charge is -2.22. The van der Waals surface area contributed by atoms with Crippen molar-refractivity contribution in [2.24, 2.45) is 0 Å². The first kappa shape index (κ1) is 21.0. The van der Waals surface area contributed by atoms with Crippen molar-refractivity contribution in [2.75, 3.05) is 0 Å². The Morgan fingerprint density at radius 2 is 1.14 bits per heavy atom. The van der Waals surface area contributed by atoms with E-state index in [1.807, 2.05) is 0 Å². The smallest absolute Gasteiger partial charge is 0.00131 e. The Balaban J connectivity index is 1.08. The zero-order valence-electron chi connectivity index (χ0n) is 20.9. The van der Waals surface area contributed by atoms with Gasteiger partial charge in [-0.1, -0.05) is 109 Å². The lowest BCUT2D eigenvalue weighted by Crippen LogP contribution is -2.03. The van der Waals surface area contributed by atoms with Crippen molar-refractivity contribution >= 4 is 21.5 Å². The summed E-state index contributed by atoms with van der Waals surface area (Å²) in [4.78, 5) is 0. The fourth-order valence-electron chi connectivity index (χ4n) is 6.97. The molecular formula is C37H28. The second-order valence-corrected chi connectivity index (χ2v) is 10.8. The van der Waals surface area contributed by atoms with Gasteiger partial charge in [-0.3, -0.25) is 0 Å². The molecule has 2 aliphatic rings. The van der Waals surface area contributed by atoms with E-state index < -0.39 is 0 Å². The van der Waals surface area contributed by atoms with Gasteiger partial charge in [0.2, 0.25) is 0 Å². The summed E-state index contributed by atoms with van der Waals surface area (Å²) in [5.41, 5.74) is 14.4. The van der Waals surface area contributed by atoms with Crippen molar-refractivity contribution in [2.45, 2.75) is 32.1 Å². The molecule has 0 fully saturated rings. The molecule has 0 bridgehead atoms. The van der Waals surface area contributed by atoms with Gasteiger partial charge in [0.1, 0.15) is 0 Å². The van der Waals surface area contributed by atoms with Gasteiger partial charge in [-0.25, -0.2) is 0 Å². The first-order valence-electron chi connectivity index (χ1n) is 13.6. The largest absolute Gasteiger partial charge is 0.0619 e. The molecule has 0 unspecified atom stereocenters. The lowest BCUT2D eigenvalue weighted by molar-refractivity contribution is 0.824. The van der Waals surface area contributed by atoms with Crippen LogP contribution in [-0.2, 0) is 25.7 Å². The van der Waals surface area contributed by atoms with Gasteiger partial charge in [-0.15, -0.1) is 0 Å². The van der Waals surface area contributed by atoms with Crippen molar-refractivity contribution < 1.29 is 0 Å². The Hall–Kier alpha value is -4.16. The number of benzene rings is 6. The molecule has 0 saturated carbocycles. The molecule has 0 aliphatic heterocycles. The van der Waals surface area contributed by atoms with Crippen LogP contribution in [0.5, 0.6) is 0 Å². The van der Waals surface area contributed by atoms with E-state index in [-0.39, 0.29) is 0 Å². The summed E-state index contributed by atoms with van der Waals surface area (Å²) in [5, 5.41) is 5.71. The highest BCUT2D eigenvalue weighted by Crippen LogP contribution is 2.41. The third kappa shape index (κ3) is 3.29. The molecule has 8 rings (SSSR count). The number of aryl methyl sites for hydroxylation is 2. The second-order valence-electron chi connectivity index (χ2n) is 10.8. The van der Waals surface area contributed by atoms with Crippen molar-refractivity contribution in [3.63, 3.8) is 0 Å². The van der Waals surface area contributed by atoms with Crippen LogP contribution in [0.2, 0.25) is 0 Å². The SMILES string of the molecule is c1ccc2c(c1)Cc1cccc3c(CCCc4ccc5c(c4)Cc4cccc6cccc-5c46)ccc-2c13. The summed E-state index contributed by atoms with van der Waals surface area (Å²) < 4.78 is 0. The third-order valence-corrected chi connectivity index (χ3v) is 8.65. The van der Waals surface area contributed by atoms with Crippen LogP contribution in [0.15, 0.2) is 109 Å². The van der Waals surface area contributed by atoms with Gasteiger partial charge in [-0.05, 0) is 109 Å². The van der Waals surface area contributed by atoms with E-state index in [1.54, 1.807) is 0 Å². The van der Waals surface area contributed by atoms with Gasteiger partial charge in [-0.2, -0.15) is 0 Å². The fourth-order valence-corrected chi connectivity index (χ4v) is 6.97. The van der Waals surface area contributed by atoms with E-state index in [9.17, 15) is 0 Å². The maximum atomic E-state index is 2.47. The highest BCUT2D eigenvalue weighted by Gasteiger charge is 2.20. The Kier molecular flexibility index (Phi) is 4.64. The predicted molar refractivity (Wildman–Crippen MR) is 156 cm³/mol. The quantitative estimate of drug-likeness (QED) is 0.239. The standard InChI is InChI=1S/C37H28/c1-2-14-31-27(8-1)22-29-13-6-15-33-25(18-20-35(31)37(29)33)9-3-7-24-17-19-32-30(21-24)23-28-12-4-10-26-11-5-16-34(32)36(26)28/h1-2,4-6,8,10-21H,3,7,9,22-23H2. The maximum Gasteiger partial charge on any atom is -0.00131 e. The van der Waals surface area contributed by atoms with Crippen LogP contribution in [0.3, 0.4) is 0 Å². The number of hydrogen-bond donors (Lipinski definition) is 0. The van der Waals surface area contributed by atoms with Crippen LogP contribution in [-0.4, -0.2) is 0 Å². The highest BCUT2D eigenvalue weighted by molar-refractivity contribution is 6.03. The summed E-state index contributed by atoms with van der Waals surface area (Å²) in [6.45, 7) is 0. The van der Waals surface area contributed by atoms with Crippen LogP contribution in [0.25, 0.3) is 43.8 Å². The molecule has 6 aromatic carbocycles. The van der Waals surface area contributed by atoms with E-state index in [0.717, 1.165) is 25.7 Å². The Labute approximate surface area is 218 Å². The molecule has 0 N–H and O–H groups in total. The molecule has 176 valence electrons. The highest BCUT2D eigenvalue weighted by atomic mass is 14.2. The average molecular weight is 473 g/mol. The normalized spacial score (nSPS) is 13.0. The van der Waals surface area contributed by atoms with Gasteiger partial charge < -0.3 is 0 Å². The maximum absolute atomic E-state index is 2.47. The number of hydrogen-bond acceptors (Lipinski definition) is 0. The van der Waals surface area contributed by atoms with Crippen molar-refractivity contribution in [3.05, 3.63) is 143 Å². The van der Waals surface area contributed by atoms with Gasteiger partial charge in [0, 0.05) is 0 Å². The molecule has 37 heavy (non-hydrogen) atoms. The van der Waals surface area contributed by atoms with Crippen molar-refractivity contribution in [3.8, 4) is 22.3 Å². The molecule has 0 heteroatoms. The molecule has 2 aliphatic carbocycles. The summed E-state index contributed by atoms with van der Waals surface area (Å²) in [7, 11) is 0. The zero-order valence-corrected chi connectivity index (χ0v) is 20.9. The minimum absolute atomic E-state index is 1.04. The summed E-state index contributed by atoms with van der Waals surface area (Å²) in [5.74, 6) is 0. The first-order valence-corrected chi connectivity index (χ1v) is 13.6. The second kappa shape index (κ2) is 8.18. The molecule has 0 aromatic heterocycles. The van der Waals surface area contributed by atoms with E-state index in [2.05, 4.69) is 109 Å². The Morgan fingerprint density at radius 3 is 2.08 bits per heavy atom. The fraction of sp³-hybridized carbons (Fsp3) is 0.135. The van der Waals surface area contributed by atoms with E-state index >= 15 is 0 Å². The van der Waals surface area contributed by atoms with Crippen LogP contribution in [0.1, 0.15) is 39.8 Å². The topological polar surface area (TPSA) is 0 Å².